The Morgan fingerprint density at radius 1 is 1.19 bits per heavy atom. The van der Waals surface area contributed by atoms with Crippen LogP contribution < -0.4 is 9.47 Å². The molecule has 0 aliphatic carbocycles. The van der Waals surface area contributed by atoms with Gasteiger partial charge in [-0.25, -0.2) is 0 Å². The fraction of sp³-hybridized carbons (Fsp3) is 0.385. The van der Waals surface area contributed by atoms with Crippen molar-refractivity contribution in [3.05, 3.63) is 23.8 Å². The van der Waals surface area contributed by atoms with Crippen LogP contribution in [0.5, 0.6) is 17.2 Å². The van der Waals surface area contributed by atoms with Crippen LogP contribution in [0.15, 0.2) is 18.2 Å². The van der Waals surface area contributed by atoms with Gasteiger partial charge in [0.2, 0.25) is 0 Å². The molecule has 0 aromatic heterocycles. The Bertz CT molecular complexity index is 344. The molecule has 0 atom stereocenters. The van der Waals surface area contributed by atoms with Gasteiger partial charge in [-0.3, -0.25) is 0 Å². The minimum Gasteiger partial charge on any atom is -0.508 e. The molecule has 1 aromatic rings. The molecular formula is C13H18O3. The monoisotopic (exact) mass is 222 g/mol. The first-order chi connectivity index (χ1) is 7.72. The third kappa shape index (κ3) is 2.92. The van der Waals surface area contributed by atoms with Crippen LogP contribution >= 0.6 is 0 Å². The molecule has 3 nitrogen and oxygen atoms in total. The summed E-state index contributed by atoms with van der Waals surface area (Å²) in [4.78, 5) is 0. The van der Waals surface area contributed by atoms with Crippen LogP contribution in [0, 0.1) is 0 Å². The van der Waals surface area contributed by atoms with Crippen molar-refractivity contribution in [2.24, 2.45) is 0 Å². The summed E-state index contributed by atoms with van der Waals surface area (Å²) in [7, 11) is 3.15. The number of hydrogen-bond acceptors (Lipinski definition) is 3. The van der Waals surface area contributed by atoms with Crippen molar-refractivity contribution in [2.75, 3.05) is 14.2 Å². The predicted octanol–water partition coefficient (Wildman–Crippen LogP) is 3.22. The number of rotatable bonds is 5. The highest BCUT2D eigenvalue weighted by molar-refractivity contribution is 5.66. The van der Waals surface area contributed by atoms with Crippen molar-refractivity contribution in [3.8, 4) is 17.2 Å². The Labute approximate surface area is 96.3 Å². The van der Waals surface area contributed by atoms with E-state index in [-0.39, 0.29) is 5.75 Å². The molecule has 0 aliphatic rings. The summed E-state index contributed by atoms with van der Waals surface area (Å²) in [6.07, 6.45) is 6.13. The number of unbranched alkanes of at least 4 members (excludes halogenated alkanes) is 1. The maximum atomic E-state index is 9.47. The van der Waals surface area contributed by atoms with Crippen molar-refractivity contribution in [3.63, 3.8) is 0 Å². The number of phenols is 1. The normalized spacial score (nSPS) is 10.7. The largest absolute Gasteiger partial charge is 0.508 e. The van der Waals surface area contributed by atoms with Crippen molar-refractivity contribution in [1.29, 1.82) is 0 Å². The Kier molecular flexibility index (Phi) is 4.70. The van der Waals surface area contributed by atoms with Gasteiger partial charge in [-0.05, 0) is 6.42 Å². The van der Waals surface area contributed by atoms with Gasteiger partial charge in [0.1, 0.15) is 17.2 Å². The molecule has 88 valence electrons. The van der Waals surface area contributed by atoms with E-state index >= 15 is 0 Å². The van der Waals surface area contributed by atoms with Crippen molar-refractivity contribution in [2.45, 2.75) is 19.8 Å². The van der Waals surface area contributed by atoms with Gasteiger partial charge >= 0.3 is 0 Å². The van der Waals surface area contributed by atoms with Crippen LogP contribution in [-0.2, 0) is 0 Å². The molecule has 0 unspecified atom stereocenters. The van der Waals surface area contributed by atoms with E-state index in [0.717, 1.165) is 18.4 Å². The molecule has 0 aliphatic heterocycles. The molecule has 0 radical (unpaired) electrons. The van der Waals surface area contributed by atoms with Crippen LogP contribution in [0.25, 0.3) is 6.08 Å². The molecular weight excluding hydrogens is 204 g/mol. The SMILES string of the molecule is CCC/C=C/c1c(OC)cc(O)cc1OC. The Hall–Kier alpha value is -1.64. The number of hydrogen-bond donors (Lipinski definition) is 1. The average Bonchev–Trinajstić information content (AvgIpc) is 2.30. The van der Waals surface area contributed by atoms with E-state index in [9.17, 15) is 5.11 Å². The van der Waals surface area contributed by atoms with Crippen LogP contribution in [0.4, 0.5) is 0 Å². The lowest BCUT2D eigenvalue weighted by molar-refractivity contribution is 0.383. The number of allylic oxidation sites excluding steroid dienone is 1. The molecule has 0 spiro atoms. The first kappa shape index (κ1) is 12.4. The Morgan fingerprint density at radius 2 is 1.75 bits per heavy atom. The second-order valence-electron chi connectivity index (χ2n) is 3.46. The number of methoxy groups -OCH3 is 2. The standard InChI is InChI=1S/C13H18O3/c1-4-5-6-7-11-12(15-2)8-10(14)9-13(11)16-3/h6-9,14H,4-5H2,1-3H3/b7-6+. The zero-order chi connectivity index (χ0) is 12.0. The van der Waals surface area contributed by atoms with Gasteiger partial charge < -0.3 is 14.6 Å². The van der Waals surface area contributed by atoms with Gasteiger partial charge in [-0.15, -0.1) is 0 Å². The minimum absolute atomic E-state index is 0.140. The maximum Gasteiger partial charge on any atom is 0.133 e. The van der Waals surface area contributed by atoms with Crippen molar-refractivity contribution in [1.82, 2.24) is 0 Å². The summed E-state index contributed by atoms with van der Waals surface area (Å²) < 4.78 is 10.4. The molecule has 0 saturated heterocycles. The fourth-order valence-corrected chi connectivity index (χ4v) is 1.46. The molecule has 3 heteroatoms. The maximum absolute atomic E-state index is 9.47. The molecule has 1 N–H and O–H groups in total. The topological polar surface area (TPSA) is 38.7 Å². The lowest BCUT2D eigenvalue weighted by atomic mass is 10.1. The highest BCUT2D eigenvalue weighted by atomic mass is 16.5. The molecule has 0 fully saturated rings. The molecule has 0 amide bonds. The van der Waals surface area contributed by atoms with E-state index in [2.05, 4.69) is 13.0 Å². The summed E-state index contributed by atoms with van der Waals surface area (Å²) in [6, 6.07) is 3.16. The second-order valence-corrected chi connectivity index (χ2v) is 3.46. The summed E-state index contributed by atoms with van der Waals surface area (Å²) in [5.74, 6) is 1.37. The highest BCUT2D eigenvalue weighted by Crippen LogP contribution is 2.34. The van der Waals surface area contributed by atoms with Gasteiger partial charge in [0.05, 0.1) is 19.8 Å². The number of benzene rings is 1. The van der Waals surface area contributed by atoms with Gasteiger partial charge in [0.25, 0.3) is 0 Å². The van der Waals surface area contributed by atoms with Crippen LogP contribution in [0.3, 0.4) is 0 Å². The number of ether oxygens (including phenoxy) is 2. The predicted molar refractivity (Wildman–Crippen MR) is 65.2 cm³/mol. The zero-order valence-electron chi connectivity index (χ0n) is 9.99. The minimum atomic E-state index is 0.140. The van der Waals surface area contributed by atoms with E-state index in [1.54, 1.807) is 26.4 Å². The lowest BCUT2D eigenvalue weighted by Crippen LogP contribution is -1.92. The number of phenolic OH excluding ortho intramolecular Hbond substituents is 1. The van der Waals surface area contributed by atoms with Crippen LogP contribution in [0.1, 0.15) is 25.3 Å². The summed E-state index contributed by atoms with van der Waals surface area (Å²) in [5.41, 5.74) is 0.858. The molecule has 0 saturated carbocycles. The molecule has 16 heavy (non-hydrogen) atoms. The summed E-state index contributed by atoms with van der Waals surface area (Å²) >= 11 is 0. The average molecular weight is 222 g/mol. The van der Waals surface area contributed by atoms with E-state index in [0.29, 0.717) is 11.5 Å². The number of aromatic hydroxyl groups is 1. The van der Waals surface area contributed by atoms with E-state index in [1.807, 2.05) is 6.08 Å². The molecule has 0 heterocycles. The molecule has 1 aromatic carbocycles. The van der Waals surface area contributed by atoms with Gasteiger partial charge in [-0.1, -0.05) is 25.5 Å². The quantitative estimate of drug-likeness (QED) is 0.831. The van der Waals surface area contributed by atoms with Gasteiger partial charge in [-0.2, -0.15) is 0 Å². The Morgan fingerprint density at radius 3 is 2.19 bits per heavy atom. The van der Waals surface area contributed by atoms with E-state index < -0.39 is 0 Å². The lowest BCUT2D eigenvalue weighted by Gasteiger charge is -2.10. The third-order valence-electron chi connectivity index (χ3n) is 2.27. The van der Waals surface area contributed by atoms with E-state index in [4.69, 9.17) is 9.47 Å². The first-order valence-electron chi connectivity index (χ1n) is 5.34. The fourth-order valence-electron chi connectivity index (χ4n) is 1.46. The molecule has 0 bridgehead atoms. The van der Waals surface area contributed by atoms with Crippen molar-refractivity contribution < 1.29 is 14.6 Å². The van der Waals surface area contributed by atoms with E-state index in [1.165, 1.54) is 0 Å². The Balaban J connectivity index is 3.11. The smallest absolute Gasteiger partial charge is 0.133 e. The van der Waals surface area contributed by atoms with Gasteiger partial charge in [0, 0.05) is 12.1 Å². The van der Waals surface area contributed by atoms with Crippen LogP contribution in [-0.4, -0.2) is 19.3 Å². The first-order valence-corrected chi connectivity index (χ1v) is 5.34. The van der Waals surface area contributed by atoms with Gasteiger partial charge in [0.15, 0.2) is 0 Å². The third-order valence-corrected chi connectivity index (χ3v) is 2.27. The molecule has 1 rings (SSSR count). The van der Waals surface area contributed by atoms with Crippen molar-refractivity contribution >= 4 is 6.08 Å². The second kappa shape index (κ2) is 6.05. The summed E-state index contributed by atoms with van der Waals surface area (Å²) in [5, 5.41) is 9.47. The highest BCUT2D eigenvalue weighted by Gasteiger charge is 2.09. The summed E-state index contributed by atoms with van der Waals surface area (Å²) in [6.45, 7) is 2.12. The van der Waals surface area contributed by atoms with Crippen LogP contribution in [0.2, 0.25) is 0 Å². The zero-order valence-corrected chi connectivity index (χ0v) is 9.99.